The van der Waals surface area contributed by atoms with Gasteiger partial charge in [0.2, 0.25) is 5.91 Å². The van der Waals surface area contributed by atoms with Crippen molar-refractivity contribution >= 4 is 17.7 Å². The summed E-state index contributed by atoms with van der Waals surface area (Å²) in [5.74, 6) is 0.585. The van der Waals surface area contributed by atoms with Crippen molar-refractivity contribution in [2.75, 3.05) is 13.1 Å². The van der Waals surface area contributed by atoms with Gasteiger partial charge in [-0.15, -0.1) is 11.8 Å². The number of amides is 1. The monoisotopic (exact) mass is 306 g/mol. The van der Waals surface area contributed by atoms with Gasteiger partial charge in [-0.25, -0.2) is 0 Å². The van der Waals surface area contributed by atoms with E-state index in [2.05, 4.69) is 45.0 Å². The zero-order chi connectivity index (χ0) is 15.4. The predicted molar refractivity (Wildman–Crippen MR) is 89.5 cm³/mol. The Hall–Kier alpha value is -1.00. The third-order valence-corrected chi connectivity index (χ3v) is 5.48. The smallest absolute Gasteiger partial charge is 0.236 e. The van der Waals surface area contributed by atoms with E-state index in [4.69, 9.17) is 5.73 Å². The van der Waals surface area contributed by atoms with E-state index in [0.717, 1.165) is 25.9 Å². The number of piperidine rings is 1. The van der Waals surface area contributed by atoms with Crippen LogP contribution < -0.4 is 5.73 Å². The minimum absolute atomic E-state index is 0.0128. The molecule has 2 N–H and O–H groups in total. The summed E-state index contributed by atoms with van der Waals surface area (Å²) < 4.78 is 0. The van der Waals surface area contributed by atoms with Crippen LogP contribution in [0.4, 0.5) is 0 Å². The maximum atomic E-state index is 12.8. The van der Waals surface area contributed by atoms with Gasteiger partial charge < -0.3 is 10.6 Å². The van der Waals surface area contributed by atoms with Gasteiger partial charge in [0.25, 0.3) is 0 Å². The third-order valence-electron chi connectivity index (χ3n) is 3.95. The Kier molecular flexibility index (Phi) is 5.71. The van der Waals surface area contributed by atoms with Crippen molar-refractivity contribution in [2.24, 2.45) is 11.7 Å². The number of nitrogens with two attached hydrogens (primary N) is 1. The van der Waals surface area contributed by atoms with Gasteiger partial charge in [0, 0.05) is 24.0 Å². The third kappa shape index (κ3) is 4.48. The molecule has 0 spiro atoms. The second-order valence-corrected chi connectivity index (χ2v) is 7.48. The van der Waals surface area contributed by atoms with E-state index in [1.165, 1.54) is 10.5 Å². The van der Waals surface area contributed by atoms with Gasteiger partial charge in [0.15, 0.2) is 0 Å². The molecule has 1 aliphatic rings. The molecule has 1 aromatic rings. The Balaban J connectivity index is 2.06. The number of carbonyl (C=O) groups is 1. The molecule has 0 radical (unpaired) electrons. The molecule has 1 heterocycles. The molecule has 1 aliphatic heterocycles. The van der Waals surface area contributed by atoms with Crippen molar-refractivity contribution in [3.8, 4) is 0 Å². The molecule has 1 atom stereocenters. The highest BCUT2D eigenvalue weighted by atomic mass is 32.2. The Morgan fingerprint density at radius 2 is 2.00 bits per heavy atom. The maximum absolute atomic E-state index is 12.8. The summed E-state index contributed by atoms with van der Waals surface area (Å²) in [6.45, 7) is 7.94. The summed E-state index contributed by atoms with van der Waals surface area (Å²) in [5.41, 5.74) is 7.17. The summed E-state index contributed by atoms with van der Waals surface area (Å²) in [7, 11) is 0. The van der Waals surface area contributed by atoms with Crippen LogP contribution in [0.25, 0.3) is 0 Å². The molecular weight excluding hydrogens is 280 g/mol. The van der Waals surface area contributed by atoms with E-state index in [0.29, 0.717) is 5.92 Å². The lowest BCUT2D eigenvalue weighted by molar-refractivity contribution is -0.132. The molecule has 116 valence electrons. The molecule has 1 fully saturated rings. The van der Waals surface area contributed by atoms with Crippen LogP contribution in [0.5, 0.6) is 0 Å². The molecule has 0 aromatic heterocycles. The number of hydrogen-bond donors (Lipinski definition) is 1. The lowest BCUT2D eigenvalue weighted by atomic mass is 10.0. The van der Waals surface area contributed by atoms with Gasteiger partial charge in [0.05, 0.1) is 5.25 Å². The highest BCUT2D eigenvalue weighted by molar-refractivity contribution is 8.00. The van der Waals surface area contributed by atoms with Gasteiger partial charge >= 0.3 is 0 Å². The van der Waals surface area contributed by atoms with Crippen molar-refractivity contribution in [3.63, 3.8) is 0 Å². The van der Waals surface area contributed by atoms with Gasteiger partial charge in [0.1, 0.15) is 0 Å². The van der Waals surface area contributed by atoms with Crippen molar-refractivity contribution in [1.29, 1.82) is 0 Å². The van der Waals surface area contributed by atoms with E-state index >= 15 is 0 Å². The first-order valence-electron chi connectivity index (χ1n) is 7.75. The van der Waals surface area contributed by atoms with Crippen LogP contribution in [0.15, 0.2) is 29.2 Å². The van der Waals surface area contributed by atoms with Crippen molar-refractivity contribution in [3.05, 3.63) is 29.8 Å². The van der Waals surface area contributed by atoms with Crippen LogP contribution >= 0.6 is 11.8 Å². The van der Waals surface area contributed by atoms with E-state index in [1.54, 1.807) is 11.8 Å². The van der Waals surface area contributed by atoms with Crippen LogP contribution in [0.1, 0.15) is 32.3 Å². The summed E-state index contributed by atoms with van der Waals surface area (Å²) in [6.07, 6.45) is 1.84. The first-order valence-corrected chi connectivity index (χ1v) is 8.63. The molecular formula is C17H26N2OS. The second kappa shape index (κ2) is 7.32. The minimum atomic E-state index is -0.0128. The Morgan fingerprint density at radius 3 is 2.57 bits per heavy atom. The standard InChI is InChI=1S/C17H26N2OS/c1-12(2)16(21-15-6-4-5-13(3)11-15)17(20)19-9-7-14(18)8-10-19/h4-6,11-12,14,16H,7-10,18H2,1-3H3. The summed E-state index contributed by atoms with van der Waals surface area (Å²) in [5, 5.41) is -0.0128. The Morgan fingerprint density at radius 1 is 1.33 bits per heavy atom. The van der Waals surface area contributed by atoms with Crippen molar-refractivity contribution in [1.82, 2.24) is 4.90 Å². The number of likely N-dealkylation sites (tertiary alicyclic amines) is 1. The molecule has 2 rings (SSSR count). The fourth-order valence-corrected chi connectivity index (χ4v) is 3.83. The largest absolute Gasteiger partial charge is 0.342 e. The molecule has 3 nitrogen and oxygen atoms in total. The average Bonchev–Trinajstić information content (AvgIpc) is 2.44. The second-order valence-electron chi connectivity index (χ2n) is 6.26. The molecule has 1 saturated heterocycles. The van der Waals surface area contributed by atoms with Crippen molar-refractivity contribution in [2.45, 2.75) is 49.8 Å². The summed E-state index contributed by atoms with van der Waals surface area (Å²) in [4.78, 5) is 16.0. The van der Waals surface area contributed by atoms with E-state index in [-0.39, 0.29) is 17.2 Å². The van der Waals surface area contributed by atoms with Crippen molar-refractivity contribution < 1.29 is 4.79 Å². The normalized spacial score (nSPS) is 18.0. The Labute approximate surface area is 132 Å². The van der Waals surface area contributed by atoms with Gasteiger partial charge in [-0.1, -0.05) is 31.5 Å². The van der Waals surface area contributed by atoms with Crippen LogP contribution in [0.3, 0.4) is 0 Å². The SMILES string of the molecule is Cc1cccc(SC(C(=O)N2CCC(N)CC2)C(C)C)c1. The van der Waals surface area contributed by atoms with E-state index in [1.807, 2.05) is 4.90 Å². The fourth-order valence-electron chi connectivity index (χ4n) is 2.61. The molecule has 0 saturated carbocycles. The Bertz CT molecular complexity index is 481. The molecule has 1 aromatic carbocycles. The lowest BCUT2D eigenvalue weighted by Crippen LogP contribution is -2.47. The molecule has 4 heteroatoms. The van der Waals surface area contributed by atoms with E-state index in [9.17, 15) is 4.79 Å². The fraction of sp³-hybridized carbons (Fsp3) is 0.588. The highest BCUT2D eigenvalue weighted by Crippen LogP contribution is 2.30. The van der Waals surface area contributed by atoms with Crippen LogP contribution in [-0.2, 0) is 4.79 Å². The number of aryl methyl sites for hydroxylation is 1. The molecule has 1 amide bonds. The van der Waals surface area contributed by atoms with Crippen LogP contribution in [0, 0.1) is 12.8 Å². The first-order chi connectivity index (χ1) is 9.97. The van der Waals surface area contributed by atoms with Gasteiger partial charge in [-0.3, -0.25) is 4.79 Å². The lowest BCUT2D eigenvalue weighted by Gasteiger charge is -2.33. The molecule has 0 bridgehead atoms. The minimum Gasteiger partial charge on any atom is -0.342 e. The van der Waals surface area contributed by atoms with E-state index < -0.39 is 0 Å². The summed E-state index contributed by atoms with van der Waals surface area (Å²) >= 11 is 1.69. The topological polar surface area (TPSA) is 46.3 Å². The quantitative estimate of drug-likeness (QED) is 0.870. The zero-order valence-electron chi connectivity index (χ0n) is 13.2. The maximum Gasteiger partial charge on any atom is 0.236 e. The number of benzene rings is 1. The van der Waals surface area contributed by atoms with Crippen LogP contribution in [-0.4, -0.2) is 35.2 Å². The molecule has 0 aliphatic carbocycles. The highest BCUT2D eigenvalue weighted by Gasteiger charge is 2.30. The number of thioether (sulfide) groups is 1. The number of rotatable bonds is 4. The first kappa shape index (κ1) is 16.4. The number of nitrogens with zero attached hydrogens (tertiary/aromatic N) is 1. The number of hydrogen-bond acceptors (Lipinski definition) is 3. The molecule has 21 heavy (non-hydrogen) atoms. The van der Waals surface area contributed by atoms with Crippen LogP contribution in [0.2, 0.25) is 0 Å². The average molecular weight is 306 g/mol. The zero-order valence-corrected chi connectivity index (χ0v) is 14.0. The predicted octanol–water partition coefficient (Wildman–Crippen LogP) is 3.06. The molecule has 1 unspecified atom stereocenters. The summed E-state index contributed by atoms with van der Waals surface area (Å²) in [6, 6.07) is 8.64. The van der Waals surface area contributed by atoms with Gasteiger partial charge in [-0.05, 0) is 37.8 Å². The van der Waals surface area contributed by atoms with Gasteiger partial charge in [-0.2, -0.15) is 0 Å². The number of carbonyl (C=O) groups excluding carboxylic acids is 1.